The first-order valence-electron chi connectivity index (χ1n) is 14.8. The number of amidine groups is 2. The third-order valence-corrected chi connectivity index (χ3v) is 9.92. The van der Waals surface area contributed by atoms with E-state index in [1.807, 2.05) is 17.4 Å². The summed E-state index contributed by atoms with van der Waals surface area (Å²) in [5.41, 5.74) is 6.01. The summed E-state index contributed by atoms with van der Waals surface area (Å²) in [4.78, 5) is 10.4. The summed E-state index contributed by atoms with van der Waals surface area (Å²) in [5, 5.41) is 11.4. The molecule has 6 aromatic carbocycles. The number of aryl methyl sites for hydroxylation is 1. The summed E-state index contributed by atoms with van der Waals surface area (Å²) in [5.74, 6) is 1.69. The van der Waals surface area contributed by atoms with Crippen LogP contribution in [-0.4, -0.2) is 11.7 Å². The van der Waals surface area contributed by atoms with E-state index in [2.05, 4.69) is 127 Å². The summed E-state index contributed by atoms with van der Waals surface area (Å²) >= 11 is 1.83. The Hall–Kier alpha value is -5.06. The van der Waals surface area contributed by atoms with Gasteiger partial charge in [-0.05, 0) is 69.3 Å². The van der Waals surface area contributed by atoms with E-state index in [0.717, 1.165) is 41.2 Å². The van der Waals surface area contributed by atoms with Crippen molar-refractivity contribution in [2.75, 3.05) is 0 Å². The number of nitrogens with zero attached hydrogens (tertiary/aromatic N) is 2. The normalized spacial score (nSPS) is 16.3. The average molecular weight is 570 g/mol. The molecule has 1 aliphatic carbocycles. The van der Waals surface area contributed by atoms with Crippen molar-refractivity contribution in [1.29, 1.82) is 0 Å². The molecule has 0 radical (unpaired) electrons. The standard InChI is InChI=1S/C39H27N3S/c1-2-10-24(11-3-1)37-40-38(42-39(41-37)26-19-21-33-32-16-8-9-17-35(32)43-36(33)23-26)25-18-20-31-29-14-5-4-12-27(29)28-13-6-7-15-30(28)34(31)22-25/h1-6,8-14,16-23,38H,7,15H2,(H,40,41,42). The number of rotatable bonds is 3. The van der Waals surface area contributed by atoms with Crippen molar-refractivity contribution in [3.8, 4) is 0 Å². The molecule has 43 heavy (non-hydrogen) atoms. The molecule has 1 unspecified atom stereocenters. The third kappa shape index (κ3) is 4.02. The highest BCUT2D eigenvalue weighted by atomic mass is 32.1. The SMILES string of the molecule is C1=Cc2c(c3cc(C4N=C(c5ccccc5)NC(c5ccc6c(c5)sc5ccccc56)=N4)ccc3c3ccccc23)CC1. The van der Waals surface area contributed by atoms with Crippen molar-refractivity contribution in [1.82, 2.24) is 5.32 Å². The number of nitrogens with one attached hydrogen (secondary N) is 1. The van der Waals surface area contributed by atoms with Gasteiger partial charge in [-0.3, -0.25) is 0 Å². The quantitative estimate of drug-likeness (QED) is 0.211. The lowest BCUT2D eigenvalue weighted by Gasteiger charge is -2.23. The molecule has 2 heterocycles. The molecule has 7 aromatic rings. The van der Waals surface area contributed by atoms with Crippen molar-refractivity contribution < 1.29 is 0 Å². The minimum atomic E-state index is -0.352. The topological polar surface area (TPSA) is 36.8 Å². The van der Waals surface area contributed by atoms with Crippen LogP contribution < -0.4 is 5.32 Å². The van der Waals surface area contributed by atoms with Crippen LogP contribution in [-0.2, 0) is 6.42 Å². The van der Waals surface area contributed by atoms with Gasteiger partial charge in [0.15, 0.2) is 6.17 Å². The zero-order chi connectivity index (χ0) is 28.3. The Morgan fingerprint density at radius 1 is 0.581 bits per heavy atom. The monoisotopic (exact) mass is 569 g/mol. The van der Waals surface area contributed by atoms with E-state index in [1.165, 1.54) is 52.8 Å². The van der Waals surface area contributed by atoms with Gasteiger partial charge in [-0.15, -0.1) is 11.3 Å². The van der Waals surface area contributed by atoms with Crippen LogP contribution in [0.25, 0.3) is 47.8 Å². The van der Waals surface area contributed by atoms with E-state index in [-0.39, 0.29) is 6.17 Å². The van der Waals surface area contributed by atoms with Crippen LogP contribution in [0.1, 0.15) is 40.4 Å². The van der Waals surface area contributed by atoms with Gasteiger partial charge in [-0.1, -0.05) is 109 Å². The molecule has 0 amide bonds. The number of fused-ring (bicyclic) bond motifs is 9. The first-order valence-corrected chi connectivity index (χ1v) is 15.7. The van der Waals surface area contributed by atoms with Crippen LogP contribution in [0.5, 0.6) is 0 Å². The second-order valence-corrected chi connectivity index (χ2v) is 12.4. The highest BCUT2D eigenvalue weighted by Gasteiger charge is 2.23. The molecule has 204 valence electrons. The Kier molecular flexibility index (Phi) is 5.56. The number of aliphatic imine (C=N–C) groups is 2. The van der Waals surface area contributed by atoms with Crippen LogP contribution >= 0.6 is 11.3 Å². The molecule has 0 saturated heterocycles. The van der Waals surface area contributed by atoms with Crippen molar-refractivity contribution in [2.24, 2.45) is 9.98 Å². The van der Waals surface area contributed by atoms with Crippen LogP contribution in [0, 0.1) is 0 Å². The molecule has 4 heteroatoms. The van der Waals surface area contributed by atoms with Gasteiger partial charge in [0.1, 0.15) is 11.7 Å². The summed E-state index contributed by atoms with van der Waals surface area (Å²) in [6.45, 7) is 0. The molecule has 2 aliphatic rings. The van der Waals surface area contributed by atoms with Gasteiger partial charge in [0, 0.05) is 31.3 Å². The molecular weight excluding hydrogens is 543 g/mol. The van der Waals surface area contributed by atoms with E-state index in [0.29, 0.717) is 0 Å². The minimum Gasteiger partial charge on any atom is -0.324 e. The number of thiophene rings is 1. The zero-order valence-electron chi connectivity index (χ0n) is 23.4. The lowest BCUT2D eigenvalue weighted by atomic mass is 9.86. The molecule has 0 spiro atoms. The average Bonchev–Trinajstić information content (AvgIpc) is 3.46. The molecule has 0 saturated carbocycles. The van der Waals surface area contributed by atoms with Crippen LogP contribution in [0.4, 0.5) is 0 Å². The molecular formula is C39H27N3S. The Labute approximate surface area is 253 Å². The second-order valence-electron chi connectivity index (χ2n) is 11.3. The summed E-state index contributed by atoms with van der Waals surface area (Å²) < 4.78 is 2.57. The highest BCUT2D eigenvalue weighted by molar-refractivity contribution is 7.25. The predicted molar refractivity (Wildman–Crippen MR) is 184 cm³/mol. The van der Waals surface area contributed by atoms with Gasteiger partial charge in [-0.25, -0.2) is 9.98 Å². The predicted octanol–water partition coefficient (Wildman–Crippen LogP) is 9.82. The van der Waals surface area contributed by atoms with Gasteiger partial charge in [0.2, 0.25) is 0 Å². The molecule has 1 atom stereocenters. The molecule has 1 aromatic heterocycles. The van der Waals surface area contributed by atoms with Gasteiger partial charge >= 0.3 is 0 Å². The Balaban J connectivity index is 1.22. The fourth-order valence-corrected chi connectivity index (χ4v) is 7.86. The van der Waals surface area contributed by atoms with Gasteiger partial charge < -0.3 is 5.32 Å². The first kappa shape index (κ1) is 24.5. The minimum absolute atomic E-state index is 0.352. The lowest BCUT2D eigenvalue weighted by molar-refractivity contribution is 0.757. The number of hydrogen-bond donors (Lipinski definition) is 1. The molecule has 0 fully saturated rings. The maximum absolute atomic E-state index is 5.25. The van der Waals surface area contributed by atoms with Gasteiger partial charge in [0.25, 0.3) is 0 Å². The summed E-state index contributed by atoms with van der Waals surface area (Å²) in [6, 6.07) is 41.3. The molecule has 1 aliphatic heterocycles. The molecule has 9 rings (SSSR count). The fraction of sp³-hybridized carbons (Fsp3) is 0.0769. The van der Waals surface area contributed by atoms with Gasteiger partial charge in [0.05, 0.1) is 0 Å². The number of hydrogen-bond acceptors (Lipinski definition) is 4. The van der Waals surface area contributed by atoms with Crippen LogP contribution in [0.15, 0.2) is 131 Å². The van der Waals surface area contributed by atoms with Crippen LogP contribution in [0.3, 0.4) is 0 Å². The zero-order valence-corrected chi connectivity index (χ0v) is 24.2. The maximum atomic E-state index is 5.25. The van der Waals surface area contributed by atoms with Gasteiger partial charge in [-0.2, -0.15) is 0 Å². The summed E-state index contributed by atoms with van der Waals surface area (Å²) in [6.07, 6.45) is 6.37. The van der Waals surface area contributed by atoms with Crippen molar-refractivity contribution in [3.05, 3.63) is 149 Å². The smallest absolute Gasteiger partial charge is 0.169 e. The Bertz CT molecular complexity index is 2320. The maximum Gasteiger partial charge on any atom is 0.169 e. The highest BCUT2D eigenvalue weighted by Crippen LogP contribution is 2.39. The second kappa shape index (κ2) is 9.75. The molecule has 0 bridgehead atoms. The summed E-state index contributed by atoms with van der Waals surface area (Å²) in [7, 11) is 0. The van der Waals surface area contributed by atoms with E-state index >= 15 is 0 Å². The first-order chi connectivity index (χ1) is 21.3. The Morgan fingerprint density at radius 2 is 1.28 bits per heavy atom. The molecule has 3 nitrogen and oxygen atoms in total. The van der Waals surface area contributed by atoms with E-state index in [9.17, 15) is 0 Å². The van der Waals surface area contributed by atoms with Crippen LogP contribution in [0.2, 0.25) is 0 Å². The largest absolute Gasteiger partial charge is 0.324 e. The Morgan fingerprint density at radius 3 is 2.16 bits per heavy atom. The fourth-order valence-electron chi connectivity index (χ4n) is 6.72. The van der Waals surface area contributed by atoms with E-state index in [1.54, 1.807) is 0 Å². The third-order valence-electron chi connectivity index (χ3n) is 8.78. The number of benzene rings is 6. The lowest BCUT2D eigenvalue weighted by Crippen LogP contribution is -2.36. The van der Waals surface area contributed by atoms with Crippen molar-refractivity contribution in [3.63, 3.8) is 0 Å². The van der Waals surface area contributed by atoms with Crippen molar-refractivity contribution >= 4 is 70.8 Å². The van der Waals surface area contributed by atoms with Crippen molar-refractivity contribution in [2.45, 2.75) is 19.0 Å². The van der Waals surface area contributed by atoms with E-state index < -0.39 is 0 Å². The number of allylic oxidation sites excluding steroid dienone is 1. The van der Waals surface area contributed by atoms with E-state index in [4.69, 9.17) is 9.98 Å². The molecule has 1 N–H and O–H groups in total.